The van der Waals surface area contributed by atoms with Crippen molar-refractivity contribution in [3.05, 3.63) is 0 Å². The minimum absolute atomic E-state index is 0.249. The minimum Gasteiger partial charge on any atom is -0.260 e. The van der Waals surface area contributed by atoms with E-state index >= 15 is 0 Å². The molecule has 0 amide bonds. The first-order valence-corrected chi connectivity index (χ1v) is 3.80. The monoisotopic (exact) mass is 178 g/mol. The van der Waals surface area contributed by atoms with Crippen LogP contribution in [0.4, 0.5) is 0 Å². The summed E-state index contributed by atoms with van der Waals surface area (Å²) in [7, 11) is 1.59. The summed E-state index contributed by atoms with van der Waals surface area (Å²) in [5, 5.41) is 0.953. The van der Waals surface area contributed by atoms with Gasteiger partial charge in [-0.15, -0.1) is 12.6 Å². The van der Waals surface area contributed by atoms with E-state index in [0.717, 1.165) is 0 Å². The number of hydrogen-bond acceptors (Lipinski definition) is 1. The largest absolute Gasteiger partial charge is 0.260 e. The smallest absolute Gasteiger partial charge is 0.218 e. The van der Waals surface area contributed by atoms with Crippen LogP contribution in [0.1, 0.15) is 13.8 Å². The van der Waals surface area contributed by atoms with Crippen molar-refractivity contribution >= 4 is 34.6 Å². The fourth-order valence-electron chi connectivity index (χ4n) is 0.274. The highest BCUT2D eigenvalue weighted by Crippen LogP contribution is 2.02. The second-order valence-corrected chi connectivity index (χ2v) is 2.91. The van der Waals surface area contributed by atoms with Gasteiger partial charge in [0, 0.05) is 13.0 Å². The third-order valence-corrected chi connectivity index (χ3v) is 1.78. The molecule has 0 aliphatic heterocycles. The Hall–Kier alpha value is -0.0200. The van der Waals surface area contributed by atoms with Gasteiger partial charge in [-0.1, -0.05) is 13.8 Å². The molecule has 10 heavy (non-hydrogen) atoms. The lowest BCUT2D eigenvalue weighted by atomic mass is 10.2. The number of hydrogen-bond donors (Lipinski definition) is 1. The van der Waals surface area contributed by atoms with Crippen LogP contribution in [0.15, 0.2) is 9.98 Å². The Kier molecular flexibility index (Phi) is 4.73. The number of halogens is 1. The molecule has 0 aromatic carbocycles. The number of thiol groups is 1. The zero-order chi connectivity index (χ0) is 8.15. The standard InChI is InChI=1S/C6H11ClN2S/c1-4(2)5(10)9-6(7)8-3/h4H,1-3H3,(H,8,9,10). The van der Waals surface area contributed by atoms with E-state index in [1.807, 2.05) is 13.8 Å². The van der Waals surface area contributed by atoms with Gasteiger partial charge in [-0.2, -0.15) is 0 Å². The first kappa shape index (κ1) is 9.98. The zero-order valence-electron chi connectivity index (χ0n) is 6.30. The van der Waals surface area contributed by atoms with Crippen LogP contribution in [0, 0.1) is 5.92 Å². The summed E-state index contributed by atoms with van der Waals surface area (Å²) >= 11 is 9.62. The summed E-state index contributed by atoms with van der Waals surface area (Å²) in [6.07, 6.45) is 0. The molecule has 0 heterocycles. The first-order chi connectivity index (χ1) is 4.57. The summed E-state index contributed by atoms with van der Waals surface area (Å²) in [6.45, 7) is 3.98. The van der Waals surface area contributed by atoms with Gasteiger partial charge >= 0.3 is 0 Å². The molecule has 0 unspecified atom stereocenters. The van der Waals surface area contributed by atoms with Crippen LogP contribution in [0.5, 0.6) is 0 Å². The molecule has 0 aliphatic carbocycles. The van der Waals surface area contributed by atoms with Crippen LogP contribution >= 0.6 is 24.2 Å². The Morgan fingerprint density at radius 3 is 2.30 bits per heavy atom. The average molecular weight is 179 g/mol. The Morgan fingerprint density at radius 1 is 1.50 bits per heavy atom. The third kappa shape index (κ3) is 3.90. The molecule has 2 nitrogen and oxygen atoms in total. The summed E-state index contributed by atoms with van der Waals surface area (Å²) in [4.78, 5) is 7.55. The molecule has 0 aromatic heterocycles. The minimum atomic E-state index is 0.249. The first-order valence-electron chi connectivity index (χ1n) is 2.97. The lowest BCUT2D eigenvalue weighted by molar-refractivity contribution is 0.903. The molecule has 0 aromatic rings. The van der Waals surface area contributed by atoms with E-state index in [0.29, 0.717) is 11.0 Å². The molecule has 58 valence electrons. The number of nitrogens with zero attached hydrogens (tertiary/aromatic N) is 2. The maximum atomic E-state index is 5.52. The molecule has 0 rings (SSSR count). The molecule has 0 N–H and O–H groups in total. The maximum Gasteiger partial charge on any atom is 0.218 e. The molecule has 0 saturated carbocycles. The lowest BCUT2D eigenvalue weighted by Crippen LogP contribution is -2.00. The molecule has 0 saturated heterocycles. The third-order valence-electron chi connectivity index (χ3n) is 0.908. The normalized spacial score (nSPS) is 14.6. The van der Waals surface area contributed by atoms with Crippen LogP contribution in [0.2, 0.25) is 0 Å². The van der Waals surface area contributed by atoms with Crippen molar-refractivity contribution in [2.45, 2.75) is 13.8 Å². The van der Waals surface area contributed by atoms with Crippen molar-refractivity contribution in [2.24, 2.45) is 15.9 Å². The van der Waals surface area contributed by atoms with E-state index in [1.54, 1.807) is 7.05 Å². The predicted octanol–water partition coefficient (Wildman–Crippen LogP) is 2.20. The summed E-state index contributed by atoms with van der Waals surface area (Å²) < 4.78 is 0. The highest BCUT2D eigenvalue weighted by molar-refractivity contribution is 7.97. The van der Waals surface area contributed by atoms with Crippen molar-refractivity contribution in [1.29, 1.82) is 0 Å². The predicted molar refractivity (Wildman–Crippen MR) is 50.5 cm³/mol. The Morgan fingerprint density at radius 2 is 2.00 bits per heavy atom. The maximum absolute atomic E-state index is 5.52. The van der Waals surface area contributed by atoms with Crippen LogP contribution in [-0.2, 0) is 0 Å². The van der Waals surface area contributed by atoms with Crippen molar-refractivity contribution in [3.63, 3.8) is 0 Å². The summed E-state index contributed by atoms with van der Waals surface area (Å²) in [5.41, 5.74) is 0. The summed E-state index contributed by atoms with van der Waals surface area (Å²) in [5.74, 6) is 0.304. The molecule has 0 fully saturated rings. The van der Waals surface area contributed by atoms with Gasteiger partial charge in [-0.05, 0) is 11.6 Å². The second-order valence-electron chi connectivity index (χ2n) is 2.12. The van der Waals surface area contributed by atoms with Gasteiger partial charge in [-0.3, -0.25) is 4.99 Å². The zero-order valence-corrected chi connectivity index (χ0v) is 7.95. The van der Waals surface area contributed by atoms with E-state index in [2.05, 4.69) is 22.6 Å². The van der Waals surface area contributed by atoms with Crippen LogP contribution in [0.3, 0.4) is 0 Å². The van der Waals surface area contributed by atoms with Crippen molar-refractivity contribution in [1.82, 2.24) is 0 Å². The van der Waals surface area contributed by atoms with Crippen molar-refractivity contribution < 1.29 is 0 Å². The number of aliphatic imine (C=N–C) groups is 2. The van der Waals surface area contributed by atoms with Crippen LogP contribution < -0.4 is 0 Å². The molecule has 0 spiro atoms. The highest BCUT2D eigenvalue weighted by atomic mass is 35.5. The van der Waals surface area contributed by atoms with Gasteiger partial charge in [-0.25, -0.2) is 4.99 Å². The van der Waals surface area contributed by atoms with Gasteiger partial charge in [0.05, 0.1) is 5.04 Å². The van der Waals surface area contributed by atoms with E-state index < -0.39 is 0 Å². The SMILES string of the molecule is C/N=C(Cl)\N=C(\S)C(C)C. The fraction of sp³-hybridized carbons (Fsp3) is 0.667. The second kappa shape index (κ2) is 4.74. The van der Waals surface area contributed by atoms with E-state index in [4.69, 9.17) is 11.6 Å². The quantitative estimate of drug-likeness (QED) is 0.276. The molecule has 0 radical (unpaired) electrons. The number of amidine groups is 1. The Bertz CT molecular complexity index is 163. The molecular formula is C6H11ClN2S. The van der Waals surface area contributed by atoms with Gasteiger partial charge in [0.25, 0.3) is 0 Å². The van der Waals surface area contributed by atoms with Crippen molar-refractivity contribution in [2.75, 3.05) is 7.05 Å². The highest BCUT2D eigenvalue weighted by Gasteiger charge is 1.98. The van der Waals surface area contributed by atoms with Crippen LogP contribution in [0.25, 0.3) is 0 Å². The molecule has 0 atom stereocenters. The van der Waals surface area contributed by atoms with Gasteiger partial charge in [0.2, 0.25) is 5.29 Å². The molecule has 0 aliphatic rings. The summed E-state index contributed by atoms with van der Waals surface area (Å²) in [6, 6.07) is 0. The molecule has 4 heteroatoms. The molecule has 0 bridgehead atoms. The topological polar surface area (TPSA) is 24.7 Å². The Balaban J connectivity index is 4.17. The van der Waals surface area contributed by atoms with Crippen LogP contribution in [-0.4, -0.2) is 17.4 Å². The van der Waals surface area contributed by atoms with Gasteiger partial charge in [0.1, 0.15) is 0 Å². The van der Waals surface area contributed by atoms with E-state index in [1.165, 1.54) is 0 Å². The Labute approximate surface area is 71.8 Å². The molecular weight excluding hydrogens is 168 g/mol. The van der Waals surface area contributed by atoms with E-state index in [9.17, 15) is 0 Å². The van der Waals surface area contributed by atoms with Gasteiger partial charge < -0.3 is 0 Å². The average Bonchev–Trinajstić information content (AvgIpc) is 1.87. The lowest BCUT2D eigenvalue weighted by Gasteiger charge is -1.99. The fourth-order valence-corrected chi connectivity index (χ4v) is 0.518. The van der Waals surface area contributed by atoms with E-state index in [-0.39, 0.29) is 5.29 Å². The number of rotatable bonds is 1. The van der Waals surface area contributed by atoms with Crippen molar-refractivity contribution in [3.8, 4) is 0 Å². The van der Waals surface area contributed by atoms with Gasteiger partial charge in [0.15, 0.2) is 0 Å².